The largest absolute Gasteiger partial charge is 0.369 e. The third kappa shape index (κ3) is 6.67. The number of aromatic nitrogens is 2. The van der Waals surface area contributed by atoms with Gasteiger partial charge in [-0.25, -0.2) is 18.1 Å². The summed E-state index contributed by atoms with van der Waals surface area (Å²) >= 11 is 0. The fourth-order valence-electron chi connectivity index (χ4n) is 2.25. The molecule has 0 radical (unpaired) electrons. The Morgan fingerprint density at radius 1 is 1.00 bits per heavy atom. The number of hydrogen-bond donors (Lipinski definition) is 3. The minimum Gasteiger partial charge on any atom is -0.369 e. The van der Waals surface area contributed by atoms with Gasteiger partial charge in [0, 0.05) is 31.4 Å². The summed E-state index contributed by atoms with van der Waals surface area (Å²) in [5.74, 6) is 1.20. The van der Waals surface area contributed by atoms with Crippen LogP contribution in [0.25, 0.3) is 0 Å². The van der Waals surface area contributed by atoms with E-state index in [1.165, 1.54) is 0 Å². The van der Waals surface area contributed by atoms with Crippen molar-refractivity contribution in [2.45, 2.75) is 26.5 Å². The number of rotatable bonds is 9. The van der Waals surface area contributed by atoms with Gasteiger partial charge in [-0.05, 0) is 26.3 Å². The molecule has 1 heterocycles. The molecule has 0 aliphatic rings. The Morgan fingerprint density at radius 2 is 1.72 bits per heavy atom. The van der Waals surface area contributed by atoms with Gasteiger partial charge in [0.1, 0.15) is 5.82 Å². The lowest BCUT2D eigenvalue weighted by Crippen LogP contribution is -2.30. The first kappa shape index (κ1) is 19.1. The Bertz CT molecular complexity index is 791. The molecule has 25 heavy (non-hydrogen) atoms. The van der Waals surface area contributed by atoms with Gasteiger partial charge in [-0.2, -0.15) is 4.98 Å². The van der Waals surface area contributed by atoms with Gasteiger partial charge in [-0.3, -0.25) is 0 Å². The predicted octanol–water partition coefficient (Wildman–Crippen LogP) is 2.06. The fraction of sp³-hybridized carbons (Fsp3) is 0.412. The van der Waals surface area contributed by atoms with Crippen LogP contribution in [-0.2, 0) is 15.8 Å². The molecule has 0 amide bonds. The van der Waals surface area contributed by atoms with Crippen LogP contribution in [0.2, 0.25) is 0 Å². The Labute approximate surface area is 149 Å². The number of hydrogen-bond acceptors (Lipinski definition) is 6. The van der Waals surface area contributed by atoms with E-state index >= 15 is 0 Å². The van der Waals surface area contributed by atoms with Crippen molar-refractivity contribution < 1.29 is 8.42 Å². The minimum atomic E-state index is -3.36. The van der Waals surface area contributed by atoms with E-state index in [1.54, 1.807) is 0 Å². The second kappa shape index (κ2) is 8.77. The van der Waals surface area contributed by atoms with Crippen LogP contribution in [0.5, 0.6) is 0 Å². The van der Waals surface area contributed by atoms with Gasteiger partial charge < -0.3 is 10.6 Å². The lowest BCUT2D eigenvalue weighted by atomic mass is 10.2. The van der Waals surface area contributed by atoms with Crippen molar-refractivity contribution in [3.8, 4) is 0 Å². The number of nitrogens with zero attached hydrogens (tertiary/aromatic N) is 2. The molecule has 0 aliphatic heterocycles. The number of nitrogens with one attached hydrogen (secondary N) is 3. The van der Waals surface area contributed by atoms with Gasteiger partial charge in [-0.15, -0.1) is 0 Å². The highest BCUT2D eigenvalue weighted by molar-refractivity contribution is 7.88. The first-order chi connectivity index (χ1) is 11.9. The molecule has 0 unspecified atom stereocenters. The molecule has 0 bridgehead atoms. The van der Waals surface area contributed by atoms with Crippen LogP contribution in [0.15, 0.2) is 30.3 Å². The molecular formula is C17H25N5O2S. The van der Waals surface area contributed by atoms with E-state index in [0.29, 0.717) is 18.3 Å². The smallest absolute Gasteiger partial charge is 0.224 e. The van der Waals surface area contributed by atoms with Crippen molar-refractivity contribution >= 4 is 21.8 Å². The van der Waals surface area contributed by atoms with Crippen LogP contribution in [0, 0.1) is 13.8 Å². The maximum Gasteiger partial charge on any atom is 0.224 e. The van der Waals surface area contributed by atoms with Crippen LogP contribution >= 0.6 is 0 Å². The molecule has 0 saturated carbocycles. The topological polar surface area (TPSA) is 96.0 Å². The summed E-state index contributed by atoms with van der Waals surface area (Å²) < 4.78 is 26.8. The first-order valence-electron chi connectivity index (χ1n) is 8.24. The van der Waals surface area contributed by atoms with Crippen LogP contribution in [0.3, 0.4) is 0 Å². The summed E-state index contributed by atoms with van der Waals surface area (Å²) in [6.07, 6.45) is 0. The van der Waals surface area contributed by atoms with Gasteiger partial charge in [0.05, 0.1) is 5.75 Å². The third-order valence-corrected chi connectivity index (χ3v) is 4.78. The molecule has 3 N–H and O–H groups in total. The number of aryl methyl sites for hydroxylation is 2. The Kier molecular flexibility index (Phi) is 6.72. The van der Waals surface area contributed by atoms with Crippen molar-refractivity contribution in [2.24, 2.45) is 0 Å². The van der Waals surface area contributed by atoms with Crippen molar-refractivity contribution in [3.05, 3.63) is 47.2 Å². The van der Waals surface area contributed by atoms with E-state index in [4.69, 9.17) is 0 Å². The molecule has 0 saturated heterocycles. The zero-order chi connectivity index (χ0) is 18.3. The number of benzene rings is 1. The lowest BCUT2D eigenvalue weighted by molar-refractivity contribution is 0.582. The normalized spacial score (nSPS) is 11.3. The monoisotopic (exact) mass is 363 g/mol. The quantitative estimate of drug-likeness (QED) is 0.590. The highest BCUT2D eigenvalue weighted by Gasteiger charge is 2.10. The Morgan fingerprint density at radius 3 is 2.40 bits per heavy atom. The van der Waals surface area contributed by atoms with Gasteiger partial charge in [0.15, 0.2) is 0 Å². The van der Waals surface area contributed by atoms with Crippen molar-refractivity contribution in [3.63, 3.8) is 0 Å². The highest BCUT2D eigenvalue weighted by Crippen LogP contribution is 2.09. The molecular weight excluding hydrogens is 338 g/mol. The van der Waals surface area contributed by atoms with Gasteiger partial charge in [0.2, 0.25) is 16.0 Å². The Balaban J connectivity index is 1.82. The first-order valence-corrected chi connectivity index (χ1v) is 9.89. The molecule has 0 atom stereocenters. The molecule has 8 heteroatoms. The summed E-state index contributed by atoms with van der Waals surface area (Å²) in [6, 6.07) is 9.30. The van der Waals surface area contributed by atoms with Gasteiger partial charge >= 0.3 is 0 Å². The third-order valence-electron chi connectivity index (χ3n) is 3.42. The summed E-state index contributed by atoms with van der Waals surface area (Å²) in [7, 11) is -3.36. The molecule has 2 aromatic rings. The maximum absolute atomic E-state index is 12.1. The summed E-state index contributed by atoms with van der Waals surface area (Å²) in [5.41, 5.74) is 2.72. The lowest BCUT2D eigenvalue weighted by Gasteiger charge is -2.10. The second-order valence-electron chi connectivity index (χ2n) is 5.81. The van der Waals surface area contributed by atoms with Crippen LogP contribution < -0.4 is 15.4 Å². The number of sulfonamides is 1. The predicted molar refractivity (Wildman–Crippen MR) is 101 cm³/mol. The van der Waals surface area contributed by atoms with E-state index in [-0.39, 0.29) is 12.3 Å². The van der Waals surface area contributed by atoms with Crippen LogP contribution in [0.1, 0.15) is 23.7 Å². The van der Waals surface area contributed by atoms with Crippen molar-refractivity contribution in [1.29, 1.82) is 0 Å². The van der Waals surface area contributed by atoms with Crippen LogP contribution in [0.4, 0.5) is 11.8 Å². The van der Waals surface area contributed by atoms with Crippen molar-refractivity contribution in [1.82, 2.24) is 14.7 Å². The minimum absolute atomic E-state index is 0.0233. The standard InChI is InChI=1S/C17H25N5O2S/c1-4-18-17-21-14(3)11-16(22-17)19-9-10-20-25(23,24)12-15-7-5-13(2)6-8-15/h5-8,11,20H,4,9-10,12H2,1-3H3,(H2,18,19,21,22). The highest BCUT2D eigenvalue weighted by atomic mass is 32.2. The summed E-state index contributed by atoms with van der Waals surface area (Å²) in [5, 5.41) is 6.17. The molecule has 0 aliphatic carbocycles. The Hall–Kier alpha value is -2.19. The van der Waals surface area contributed by atoms with Gasteiger partial charge in [-0.1, -0.05) is 29.8 Å². The molecule has 0 spiro atoms. The van der Waals surface area contributed by atoms with E-state index < -0.39 is 10.0 Å². The molecule has 0 fully saturated rings. The molecule has 136 valence electrons. The SMILES string of the molecule is CCNc1nc(C)cc(NCCNS(=O)(=O)Cc2ccc(C)cc2)n1. The van der Waals surface area contributed by atoms with Gasteiger partial charge in [0.25, 0.3) is 0 Å². The second-order valence-corrected chi connectivity index (χ2v) is 7.62. The van der Waals surface area contributed by atoms with E-state index in [1.807, 2.05) is 51.1 Å². The molecule has 1 aromatic carbocycles. The molecule has 1 aromatic heterocycles. The fourth-order valence-corrected chi connectivity index (χ4v) is 3.39. The zero-order valence-corrected chi connectivity index (χ0v) is 15.7. The summed E-state index contributed by atoms with van der Waals surface area (Å²) in [6.45, 7) is 7.29. The van der Waals surface area contributed by atoms with E-state index in [2.05, 4.69) is 25.3 Å². The molecule has 2 rings (SSSR count). The average Bonchev–Trinajstić information content (AvgIpc) is 2.53. The van der Waals surface area contributed by atoms with E-state index in [9.17, 15) is 8.42 Å². The van der Waals surface area contributed by atoms with E-state index in [0.717, 1.165) is 23.4 Å². The average molecular weight is 363 g/mol. The number of anilines is 2. The molecule has 7 nitrogen and oxygen atoms in total. The maximum atomic E-state index is 12.1. The summed E-state index contributed by atoms with van der Waals surface area (Å²) in [4.78, 5) is 8.59. The van der Waals surface area contributed by atoms with Crippen molar-refractivity contribution in [2.75, 3.05) is 30.3 Å². The van der Waals surface area contributed by atoms with Crippen LogP contribution in [-0.4, -0.2) is 38.0 Å². The zero-order valence-electron chi connectivity index (χ0n) is 14.8.